The predicted molar refractivity (Wildman–Crippen MR) is 137 cm³/mol. The maximum atomic E-state index is 12.7. The number of carbonyl (C=O) groups excluding carboxylic acids is 1. The summed E-state index contributed by atoms with van der Waals surface area (Å²) in [6, 6.07) is 16.9. The van der Waals surface area contributed by atoms with E-state index in [0.29, 0.717) is 0 Å². The highest BCUT2D eigenvalue weighted by atomic mass is 16.1. The number of aryl methyl sites for hydroxylation is 1. The number of anilines is 1. The van der Waals surface area contributed by atoms with Gasteiger partial charge in [0.1, 0.15) is 0 Å². The summed E-state index contributed by atoms with van der Waals surface area (Å²) in [6.45, 7) is 12.7. The number of nitrogens with one attached hydrogen (secondary N) is 2. The molecule has 0 bridgehead atoms. The van der Waals surface area contributed by atoms with Crippen molar-refractivity contribution in [3.63, 3.8) is 0 Å². The van der Waals surface area contributed by atoms with Crippen molar-refractivity contribution in [1.82, 2.24) is 15.5 Å². The van der Waals surface area contributed by atoms with Gasteiger partial charge in [0.25, 0.3) is 0 Å². The molecule has 4 rings (SSSR count). The summed E-state index contributed by atoms with van der Waals surface area (Å²) in [4.78, 5) is 17.8. The number of carbonyl (C=O) groups is 1. The van der Waals surface area contributed by atoms with Crippen molar-refractivity contribution in [2.24, 2.45) is 5.92 Å². The van der Waals surface area contributed by atoms with E-state index in [1.54, 1.807) is 0 Å². The van der Waals surface area contributed by atoms with Gasteiger partial charge >= 0.3 is 0 Å². The van der Waals surface area contributed by atoms with E-state index in [1.807, 2.05) is 18.2 Å². The summed E-state index contributed by atoms with van der Waals surface area (Å²) in [5.41, 5.74) is 6.35. The molecule has 1 fully saturated rings. The normalized spacial score (nSPS) is 20.9. The lowest BCUT2D eigenvalue weighted by Gasteiger charge is -2.37. The van der Waals surface area contributed by atoms with Gasteiger partial charge in [0.2, 0.25) is 5.91 Å². The molecule has 1 saturated heterocycles. The van der Waals surface area contributed by atoms with Crippen molar-refractivity contribution >= 4 is 17.3 Å². The molecule has 2 heterocycles. The third kappa shape index (κ3) is 5.77. The predicted octanol–water partition coefficient (Wildman–Crippen LogP) is 3.97. The van der Waals surface area contributed by atoms with E-state index in [1.165, 1.54) is 16.8 Å². The fourth-order valence-corrected chi connectivity index (χ4v) is 4.89. The molecular formula is C28H38N4O. The van der Waals surface area contributed by atoms with Crippen LogP contribution in [0.3, 0.4) is 0 Å². The van der Waals surface area contributed by atoms with Gasteiger partial charge in [0.15, 0.2) is 0 Å². The molecule has 33 heavy (non-hydrogen) atoms. The van der Waals surface area contributed by atoms with Crippen LogP contribution in [0.4, 0.5) is 5.69 Å². The van der Waals surface area contributed by atoms with Gasteiger partial charge in [-0.2, -0.15) is 0 Å². The van der Waals surface area contributed by atoms with Crippen LogP contribution in [0.25, 0.3) is 5.70 Å². The van der Waals surface area contributed by atoms with E-state index in [9.17, 15) is 4.79 Å². The molecule has 2 aliphatic heterocycles. The van der Waals surface area contributed by atoms with Gasteiger partial charge in [-0.1, -0.05) is 42.5 Å². The molecule has 0 spiro atoms. The zero-order valence-electron chi connectivity index (χ0n) is 20.3. The largest absolute Gasteiger partial charge is 0.381 e. The molecule has 5 heteroatoms. The van der Waals surface area contributed by atoms with Crippen molar-refractivity contribution in [3.05, 3.63) is 71.3 Å². The van der Waals surface area contributed by atoms with Crippen LogP contribution in [-0.4, -0.2) is 56.1 Å². The number of hydrogen-bond acceptors (Lipinski definition) is 4. The Morgan fingerprint density at radius 2 is 1.76 bits per heavy atom. The minimum Gasteiger partial charge on any atom is -0.381 e. The molecule has 1 amide bonds. The summed E-state index contributed by atoms with van der Waals surface area (Å²) in [5.74, 6) is 0.0152. The Labute approximate surface area is 198 Å². The molecule has 0 aliphatic carbocycles. The number of rotatable bonds is 8. The third-order valence-corrected chi connectivity index (χ3v) is 7.14. The Morgan fingerprint density at radius 3 is 2.52 bits per heavy atom. The fraction of sp³-hybridized carbons (Fsp3) is 0.464. The Bertz CT molecular complexity index is 963. The van der Waals surface area contributed by atoms with E-state index >= 15 is 0 Å². The standard InChI is InChI=1S/C28H38N4O/c1-21-10-9-13-27(22(21)2)32-18-16-31(17-19-32)15-8-7-14-29-28(33)25-20-26(30-23(25)3)24-11-5-4-6-12-24/h4-6,9-13,20,23,25,30H,7-8,14-19H2,1-3H3,(H,29,33). The van der Waals surface area contributed by atoms with Crippen LogP contribution in [0.1, 0.15) is 36.5 Å². The summed E-state index contributed by atoms with van der Waals surface area (Å²) >= 11 is 0. The maximum absolute atomic E-state index is 12.7. The topological polar surface area (TPSA) is 47.6 Å². The van der Waals surface area contributed by atoms with Crippen LogP contribution in [0.5, 0.6) is 0 Å². The highest BCUT2D eigenvalue weighted by Gasteiger charge is 2.29. The lowest BCUT2D eigenvalue weighted by atomic mass is 10.0. The lowest BCUT2D eigenvalue weighted by Crippen LogP contribution is -2.47. The highest BCUT2D eigenvalue weighted by Crippen LogP contribution is 2.25. The van der Waals surface area contributed by atoms with Gasteiger partial charge < -0.3 is 15.5 Å². The number of unbranched alkanes of at least 4 members (excludes halogenated alkanes) is 1. The SMILES string of the molecule is Cc1cccc(N2CCN(CCCCNC(=O)C3C=C(c4ccccc4)NC3C)CC2)c1C. The van der Waals surface area contributed by atoms with E-state index < -0.39 is 0 Å². The maximum Gasteiger partial charge on any atom is 0.229 e. The molecule has 176 valence electrons. The molecule has 0 radical (unpaired) electrons. The number of piperazine rings is 1. The Balaban J connectivity index is 1.15. The first-order valence-corrected chi connectivity index (χ1v) is 12.4. The van der Waals surface area contributed by atoms with Gasteiger partial charge in [-0.25, -0.2) is 0 Å². The first kappa shape index (κ1) is 23.4. The smallest absolute Gasteiger partial charge is 0.229 e. The van der Waals surface area contributed by atoms with E-state index in [4.69, 9.17) is 0 Å². The number of nitrogens with zero attached hydrogens (tertiary/aromatic N) is 2. The average Bonchev–Trinajstić information content (AvgIpc) is 3.23. The molecule has 2 aromatic carbocycles. The second-order valence-electron chi connectivity index (χ2n) is 9.45. The fourth-order valence-electron chi connectivity index (χ4n) is 4.89. The molecule has 2 atom stereocenters. The molecular weight excluding hydrogens is 408 g/mol. The van der Waals surface area contributed by atoms with Gasteiger partial charge in [-0.05, 0) is 69.0 Å². The van der Waals surface area contributed by atoms with Gasteiger partial charge in [0.05, 0.1) is 5.92 Å². The number of amides is 1. The monoisotopic (exact) mass is 446 g/mol. The van der Waals surface area contributed by atoms with Crippen molar-refractivity contribution < 1.29 is 4.79 Å². The molecule has 2 N–H and O–H groups in total. The number of hydrogen-bond donors (Lipinski definition) is 2. The van der Waals surface area contributed by atoms with Crippen molar-refractivity contribution in [2.75, 3.05) is 44.2 Å². The average molecular weight is 447 g/mol. The first-order chi connectivity index (χ1) is 16.0. The Kier molecular flexibility index (Phi) is 7.71. The van der Waals surface area contributed by atoms with Gasteiger partial charge in [-0.3, -0.25) is 9.69 Å². The van der Waals surface area contributed by atoms with Crippen LogP contribution < -0.4 is 15.5 Å². The molecule has 2 aliphatic rings. The lowest BCUT2D eigenvalue weighted by molar-refractivity contribution is -0.123. The molecule has 5 nitrogen and oxygen atoms in total. The van der Waals surface area contributed by atoms with Crippen LogP contribution in [0, 0.1) is 19.8 Å². The van der Waals surface area contributed by atoms with Crippen molar-refractivity contribution in [2.45, 2.75) is 39.7 Å². The van der Waals surface area contributed by atoms with Crippen molar-refractivity contribution in [3.8, 4) is 0 Å². The second-order valence-corrected chi connectivity index (χ2v) is 9.45. The second kappa shape index (κ2) is 10.9. The van der Waals surface area contributed by atoms with E-state index in [0.717, 1.165) is 63.4 Å². The Morgan fingerprint density at radius 1 is 1.00 bits per heavy atom. The van der Waals surface area contributed by atoms with Crippen LogP contribution >= 0.6 is 0 Å². The highest BCUT2D eigenvalue weighted by molar-refractivity contribution is 5.85. The Hall–Kier alpha value is -2.79. The number of benzene rings is 2. The summed E-state index contributed by atoms with van der Waals surface area (Å²) in [7, 11) is 0. The van der Waals surface area contributed by atoms with Crippen LogP contribution in [0.2, 0.25) is 0 Å². The van der Waals surface area contributed by atoms with E-state index in [-0.39, 0.29) is 17.9 Å². The third-order valence-electron chi connectivity index (χ3n) is 7.14. The summed E-state index contributed by atoms with van der Waals surface area (Å²) in [6.07, 6.45) is 4.21. The van der Waals surface area contributed by atoms with E-state index in [2.05, 4.69) is 77.6 Å². The zero-order valence-corrected chi connectivity index (χ0v) is 20.3. The van der Waals surface area contributed by atoms with Crippen molar-refractivity contribution in [1.29, 1.82) is 0 Å². The van der Waals surface area contributed by atoms with Gasteiger partial charge in [0, 0.05) is 50.2 Å². The minimum absolute atomic E-state index is 0.113. The summed E-state index contributed by atoms with van der Waals surface area (Å²) in [5, 5.41) is 6.61. The first-order valence-electron chi connectivity index (χ1n) is 12.4. The molecule has 0 saturated carbocycles. The molecule has 0 aromatic heterocycles. The molecule has 2 unspecified atom stereocenters. The van der Waals surface area contributed by atoms with Crippen LogP contribution in [0.15, 0.2) is 54.6 Å². The molecule has 2 aromatic rings. The van der Waals surface area contributed by atoms with Crippen LogP contribution in [-0.2, 0) is 4.79 Å². The quantitative estimate of drug-likeness (QED) is 0.603. The zero-order chi connectivity index (χ0) is 23.2. The van der Waals surface area contributed by atoms with Gasteiger partial charge in [-0.15, -0.1) is 0 Å². The minimum atomic E-state index is -0.113. The summed E-state index contributed by atoms with van der Waals surface area (Å²) < 4.78 is 0.